The van der Waals surface area contributed by atoms with Gasteiger partial charge in [0.2, 0.25) is 0 Å². The standard InChI is InChI=1S/C14H24N4O/c1-18(2)9-4-3-8-16-14(19)17-13-7-5-6-12(10-13)11-15/h5-7,10H,3-4,8-9,11,15H2,1-2H3,(H2,16,17,19). The average Bonchev–Trinajstić information content (AvgIpc) is 2.38. The van der Waals surface area contributed by atoms with Crippen molar-refractivity contribution in [1.82, 2.24) is 10.2 Å². The highest BCUT2D eigenvalue weighted by Crippen LogP contribution is 2.09. The van der Waals surface area contributed by atoms with Crippen molar-refractivity contribution >= 4 is 11.7 Å². The predicted octanol–water partition coefficient (Wildman–Crippen LogP) is 1.61. The van der Waals surface area contributed by atoms with Crippen molar-refractivity contribution in [2.45, 2.75) is 19.4 Å². The second-order valence-corrected chi connectivity index (χ2v) is 4.80. The molecule has 0 aliphatic heterocycles. The van der Waals surface area contributed by atoms with Gasteiger partial charge in [0.25, 0.3) is 0 Å². The lowest BCUT2D eigenvalue weighted by Crippen LogP contribution is -2.30. The van der Waals surface area contributed by atoms with Crippen LogP contribution in [0.2, 0.25) is 0 Å². The lowest BCUT2D eigenvalue weighted by Gasteiger charge is -2.10. The summed E-state index contributed by atoms with van der Waals surface area (Å²) in [5, 5.41) is 5.64. The summed E-state index contributed by atoms with van der Waals surface area (Å²) < 4.78 is 0. The first kappa shape index (κ1) is 15.5. The van der Waals surface area contributed by atoms with Crippen molar-refractivity contribution in [2.24, 2.45) is 5.73 Å². The van der Waals surface area contributed by atoms with Gasteiger partial charge in [-0.05, 0) is 51.2 Å². The summed E-state index contributed by atoms with van der Waals surface area (Å²) in [6.07, 6.45) is 2.06. The summed E-state index contributed by atoms with van der Waals surface area (Å²) in [6.45, 7) is 2.21. The number of hydrogen-bond donors (Lipinski definition) is 3. The van der Waals surface area contributed by atoms with Crippen LogP contribution < -0.4 is 16.4 Å². The number of anilines is 1. The number of nitrogens with zero attached hydrogens (tertiary/aromatic N) is 1. The molecule has 2 amide bonds. The van der Waals surface area contributed by atoms with Gasteiger partial charge in [-0.15, -0.1) is 0 Å². The highest BCUT2D eigenvalue weighted by atomic mass is 16.2. The van der Waals surface area contributed by atoms with E-state index in [2.05, 4.69) is 15.5 Å². The van der Waals surface area contributed by atoms with Gasteiger partial charge in [0, 0.05) is 18.8 Å². The fourth-order valence-electron chi connectivity index (χ4n) is 1.71. The van der Waals surface area contributed by atoms with Crippen LogP contribution in [0.4, 0.5) is 10.5 Å². The lowest BCUT2D eigenvalue weighted by molar-refractivity contribution is 0.251. The summed E-state index contributed by atoms with van der Waals surface area (Å²) in [7, 11) is 4.09. The molecule has 0 bridgehead atoms. The Morgan fingerprint density at radius 3 is 2.79 bits per heavy atom. The van der Waals surface area contributed by atoms with Gasteiger partial charge in [0.05, 0.1) is 0 Å². The van der Waals surface area contributed by atoms with E-state index in [0.29, 0.717) is 13.1 Å². The summed E-state index contributed by atoms with van der Waals surface area (Å²) in [4.78, 5) is 13.8. The van der Waals surface area contributed by atoms with Crippen LogP contribution >= 0.6 is 0 Å². The molecule has 1 rings (SSSR count). The number of nitrogens with two attached hydrogens (primary N) is 1. The van der Waals surface area contributed by atoms with Crippen molar-refractivity contribution in [3.05, 3.63) is 29.8 Å². The molecule has 0 saturated heterocycles. The molecule has 0 aliphatic carbocycles. The van der Waals surface area contributed by atoms with E-state index in [-0.39, 0.29) is 6.03 Å². The van der Waals surface area contributed by atoms with Crippen molar-refractivity contribution < 1.29 is 4.79 Å². The molecule has 5 heteroatoms. The maximum absolute atomic E-state index is 11.6. The molecule has 0 atom stereocenters. The van der Waals surface area contributed by atoms with Gasteiger partial charge >= 0.3 is 6.03 Å². The molecule has 19 heavy (non-hydrogen) atoms. The molecule has 0 saturated carbocycles. The molecule has 0 heterocycles. The van der Waals surface area contributed by atoms with Crippen LogP contribution in [0.25, 0.3) is 0 Å². The minimum Gasteiger partial charge on any atom is -0.338 e. The van der Waals surface area contributed by atoms with Gasteiger partial charge in [0.15, 0.2) is 0 Å². The zero-order chi connectivity index (χ0) is 14.1. The third-order valence-electron chi connectivity index (χ3n) is 2.74. The largest absolute Gasteiger partial charge is 0.338 e. The van der Waals surface area contributed by atoms with Crippen LogP contribution in [0.15, 0.2) is 24.3 Å². The smallest absolute Gasteiger partial charge is 0.319 e. The average molecular weight is 264 g/mol. The fourth-order valence-corrected chi connectivity index (χ4v) is 1.71. The highest BCUT2D eigenvalue weighted by Gasteiger charge is 2.01. The van der Waals surface area contributed by atoms with E-state index in [1.807, 2.05) is 38.4 Å². The molecule has 0 spiro atoms. The Hall–Kier alpha value is -1.59. The van der Waals surface area contributed by atoms with Crippen LogP contribution in [0.1, 0.15) is 18.4 Å². The second-order valence-electron chi connectivity index (χ2n) is 4.80. The number of amides is 2. The van der Waals surface area contributed by atoms with Gasteiger partial charge in [-0.1, -0.05) is 12.1 Å². The van der Waals surface area contributed by atoms with Gasteiger partial charge in [0.1, 0.15) is 0 Å². The normalized spacial score (nSPS) is 10.5. The summed E-state index contributed by atoms with van der Waals surface area (Å²) in [6, 6.07) is 7.38. The van der Waals surface area contributed by atoms with Crippen molar-refractivity contribution in [3.8, 4) is 0 Å². The van der Waals surface area contributed by atoms with Gasteiger partial charge < -0.3 is 21.3 Å². The minimum absolute atomic E-state index is 0.168. The molecular formula is C14H24N4O. The third kappa shape index (κ3) is 6.79. The number of carbonyl (C=O) groups is 1. The number of hydrogen-bond acceptors (Lipinski definition) is 3. The van der Waals surface area contributed by atoms with E-state index in [1.165, 1.54) is 0 Å². The van der Waals surface area contributed by atoms with Gasteiger partial charge in [-0.3, -0.25) is 0 Å². The molecule has 0 unspecified atom stereocenters. The number of carbonyl (C=O) groups excluding carboxylic acids is 1. The first-order valence-electron chi connectivity index (χ1n) is 6.60. The van der Waals surface area contributed by atoms with Crippen LogP contribution in [-0.2, 0) is 6.54 Å². The molecule has 0 fully saturated rings. The summed E-state index contributed by atoms with van der Waals surface area (Å²) in [5.41, 5.74) is 7.33. The molecule has 1 aromatic rings. The number of rotatable bonds is 7. The van der Waals surface area contributed by atoms with Crippen molar-refractivity contribution in [3.63, 3.8) is 0 Å². The monoisotopic (exact) mass is 264 g/mol. The molecular weight excluding hydrogens is 240 g/mol. The summed E-state index contributed by atoms with van der Waals surface area (Å²) >= 11 is 0. The highest BCUT2D eigenvalue weighted by molar-refractivity contribution is 5.89. The molecule has 4 N–H and O–H groups in total. The van der Waals surface area contributed by atoms with Crippen molar-refractivity contribution in [1.29, 1.82) is 0 Å². The molecule has 5 nitrogen and oxygen atoms in total. The number of urea groups is 1. The van der Waals surface area contributed by atoms with E-state index in [1.54, 1.807) is 0 Å². The first-order valence-corrected chi connectivity index (χ1v) is 6.60. The lowest BCUT2D eigenvalue weighted by atomic mass is 10.2. The van der Waals surface area contributed by atoms with E-state index in [9.17, 15) is 4.79 Å². The van der Waals surface area contributed by atoms with Crippen LogP contribution in [-0.4, -0.2) is 38.1 Å². The van der Waals surface area contributed by atoms with Gasteiger partial charge in [-0.25, -0.2) is 4.79 Å². The van der Waals surface area contributed by atoms with E-state index in [0.717, 1.165) is 30.6 Å². The second kappa shape index (κ2) is 8.50. The molecule has 106 valence electrons. The Balaban J connectivity index is 2.23. The minimum atomic E-state index is -0.168. The molecule has 0 aromatic heterocycles. The van der Waals surface area contributed by atoms with E-state index >= 15 is 0 Å². The number of benzene rings is 1. The summed E-state index contributed by atoms with van der Waals surface area (Å²) in [5.74, 6) is 0. The van der Waals surface area contributed by atoms with E-state index in [4.69, 9.17) is 5.73 Å². The van der Waals surface area contributed by atoms with Gasteiger partial charge in [-0.2, -0.15) is 0 Å². The van der Waals surface area contributed by atoms with Crippen LogP contribution in [0.5, 0.6) is 0 Å². The molecule has 1 aromatic carbocycles. The number of unbranched alkanes of at least 4 members (excludes halogenated alkanes) is 1. The Labute approximate surface area is 115 Å². The third-order valence-corrected chi connectivity index (χ3v) is 2.74. The Morgan fingerprint density at radius 1 is 1.32 bits per heavy atom. The maximum Gasteiger partial charge on any atom is 0.319 e. The molecule has 0 aliphatic rings. The predicted molar refractivity (Wildman–Crippen MR) is 79.1 cm³/mol. The van der Waals surface area contributed by atoms with Crippen molar-refractivity contribution in [2.75, 3.05) is 32.5 Å². The van der Waals surface area contributed by atoms with E-state index < -0.39 is 0 Å². The number of nitrogens with one attached hydrogen (secondary N) is 2. The zero-order valence-electron chi connectivity index (χ0n) is 11.8. The van der Waals surface area contributed by atoms with Crippen LogP contribution in [0.3, 0.4) is 0 Å². The quantitative estimate of drug-likeness (QED) is 0.655. The zero-order valence-corrected chi connectivity index (χ0v) is 11.8. The maximum atomic E-state index is 11.6. The SMILES string of the molecule is CN(C)CCCCNC(=O)Nc1cccc(CN)c1. The topological polar surface area (TPSA) is 70.4 Å². The Bertz CT molecular complexity index is 393. The molecule has 0 radical (unpaired) electrons. The fraction of sp³-hybridized carbons (Fsp3) is 0.500. The Morgan fingerprint density at radius 2 is 2.11 bits per heavy atom. The first-order chi connectivity index (χ1) is 9.11. The van der Waals surface area contributed by atoms with Crippen LogP contribution in [0, 0.1) is 0 Å². The Kier molecular flexibility index (Phi) is 6.92.